The minimum atomic E-state index is -1.05. The zero-order valence-electron chi connectivity index (χ0n) is 14.5. The first kappa shape index (κ1) is 18.2. The van der Waals surface area contributed by atoms with E-state index in [2.05, 4.69) is 33.9 Å². The normalized spacial score (nSPS) is 21.1. The highest BCUT2D eigenvalue weighted by atomic mass is 28.3. The monoisotopic (exact) mass is 300 g/mol. The molecule has 1 fully saturated rings. The van der Waals surface area contributed by atoms with Crippen LogP contribution in [0.2, 0.25) is 24.2 Å². The lowest BCUT2D eigenvalue weighted by Crippen LogP contribution is -2.36. The Balaban J connectivity index is 1.97. The van der Waals surface area contributed by atoms with E-state index < -0.39 is 8.07 Å². The van der Waals surface area contributed by atoms with Gasteiger partial charge in [0.25, 0.3) is 0 Å². The topological polar surface area (TPSA) is 18.5 Å². The van der Waals surface area contributed by atoms with Gasteiger partial charge in [-0.2, -0.15) is 0 Å². The third-order valence-corrected chi connectivity index (χ3v) is 10.8. The Morgan fingerprint density at radius 2 is 1.75 bits per heavy atom. The number of hydrogen-bond donors (Lipinski definition) is 0. The minimum absolute atomic E-state index is 0.0935. The van der Waals surface area contributed by atoms with Gasteiger partial charge in [-0.15, -0.1) is 0 Å². The quantitative estimate of drug-likeness (QED) is 0.429. The summed E-state index contributed by atoms with van der Waals surface area (Å²) in [4.78, 5) is 0. The molecule has 1 atom stereocenters. The van der Waals surface area contributed by atoms with Crippen LogP contribution >= 0.6 is 0 Å². The number of unbranched alkanes of at least 4 members (excludes halogenated alkanes) is 3. The van der Waals surface area contributed by atoms with Crippen molar-refractivity contribution in [3.63, 3.8) is 0 Å². The Bertz CT molecular complexity index is 252. The highest BCUT2D eigenvalue weighted by Gasteiger charge is 2.33. The second-order valence-electron chi connectivity index (χ2n) is 7.97. The second kappa shape index (κ2) is 8.55. The molecule has 0 aromatic carbocycles. The lowest BCUT2D eigenvalue weighted by Gasteiger charge is -2.37. The second-order valence-corrected chi connectivity index (χ2v) is 13.7. The molecule has 0 radical (unpaired) electrons. The molecule has 0 bridgehead atoms. The number of ether oxygens (including phenoxy) is 2. The van der Waals surface area contributed by atoms with Crippen LogP contribution in [-0.4, -0.2) is 27.6 Å². The molecule has 120 valence electrons. The van der Waals surface area contributed by atoms with E-state index in [1.54, 1.807) is 0 Å². The molecule has 1 rings (SSSR count). The van der Waals surface area contributed by atoms with Crippen LogP contribution in [0.4, 0.5) is 0 Å². The highest BCUT2D eigenvalue weighted by molar-refractivity contribution is 6.80. The first-order valence-electron chi connectivity index (χ1n) is 8.56. The largest absolute Gasteiger partial charge is 0.353 e. The van der Waals surface area contributed by atoms with Crippen molar-refractivity contribution in [1.29, 1.82) is 0 Å². The predicted octanol–water partition coefficient (Wildman–Crippen LogP) is 5.60. The molecule has 1 saturated heterocycles. The third-order valence-electron chi connectivity index (χ3n) is 5.17. The van der Waals surface area contributed by atoms with Crippen LogP contribution in [0.25, 0.3) is 0 Å². The molecule has 0 aromatic rings. The highest BCUT2D eigenvalue weighted by Crippen LogP contribution is 2.39. The molecule has 0 N–H and O–H groups in total. The van der Waals surface area contributed by atoms with Gasteiger partial charge in [0.2, 0.25) is 0 Å². The summed E-state index contributed by atoms with van der Waals surface area (Å²) in [6, 6.07) is 1.46. The maximum absolute atomic E-state index is 5.77. The van der Waals surface area contributed by atoms with E-state index in [4.69, 9.17) is 9.47 Å². The fraction of sp³-hybridized carbons (Fsp3) is 1.00. The van der Waals surface area contributed by atoms with E-state index in [0.29, 0.717) is 5.04 Å². The Morgan fingerprint density at radius 1 is 1.05 bits per heavy atom. The van der Waals surface area contributed by atoms with Crippen LogP contribution in [0, 0.1) is 0 Å². The molecular formula is C17H36O2Si. The van der Waals surface area contributed by atoms with Gasteiger partial charge in [-0.05, 0) is 30.7 Å². The van der Waals surface area contributed by atoms with Crippen molar-refractivity contribution in [2.75, 3.05) is 13.2 Å². The molecule has 1 heterocycles. The van der Waals surface area contributed by atoms with Gasteiger partial charge in [0, 0.05) is 13.2 Å². The molecule has 0 aliphatic carbocycles. The lowest BCUT2D eigenvalue weighted by atomic mass is 10.2. The third kappa shape index (κ3) is 6.73. The average molecular weight is 301 g/mol. The first-order chi connectivity index (χ1) is 9.33. The van der Waals surface area contributed by atoms with E-state index in [9.17, 15) is 0 Å². The summed E-state index contributed by atoms with van der Waals surface area (Å²) in [7, 11) is -1.05. The Hall–Kier alpha value is 0.137. The van der Waals surface area contributed by atoms with Gasteiger partial charge >= 0.3 is 0 Å². The van der Waals surface area contributed by atoms with Crippen molar-refractivity contribution >= 4 is 8.07 Å². The molecule has 0 saturated carbocycles. The van der Waals surface area contributed by atoms with Gasteiger partial charge in [-0.25, -0.2) is 0 Å². The van der Waals surface area contributed by atoms with E-state index >= 15 is 0 Å². The number of rotatable bonds is 8. The van der Waals surface area contributed by atoms with Gasteiger partial charge < -0.3 is 9.47 Å². The summed E-state index contributed by atoms with van der Waals surface area (Å²) in [6.07, 6.45) is 8.91. The van der Waals surface area contributed by atoms with Gasteiger partial charge in [0.1, 0.15) is 0 Å². The van der Waals surface area contributed by atoms with Crippen molar-refractivity contribution < 1.29 is 9.47 Å². The summed E-state index contributed by atoms with van der Waals surface area (Å²) >= 11 is 0. The van der Waals surface area contributed by atoms with E-state index in [-0.39, 0.29) is 6.29 Å². The average Bonchev–Trinajstić information content (AvgIpc) is 2.37. The Kier molecular flexibility index (Phi) is 7.77. The van der Waals surface area contributed by atoms with E-state index in [1.807, 2.05) is 0 Å². The SMILES string of the molecule is CC(C)(C)[Si](C)(C)CCCCCCOC1CCCCO1. The summed E-state index contributed by atoms with van der Waals surface area (Å²) in [5, 5.41) is 0.536. The summed E-state index contributed by atoms with van der Waals surface area (Å²) in [5.41, 5.74) is 0. The van der Waals surface area contributed by atoms with Crippen molar-refractivity contribution in [3.05, 3.63) is 0 Å². The molecule has 3 heteroatoms. The molecule has 1 aliphatic rings. The van der Waals surface area contributed by atoms with Gasteiger partial charge in [0.05, 0.1) is 8.07 Å². The standard InChI is InChI=1S/C17H36O2Si/c1-17(2,3)20(4,5)15-11-7-6-9-13-18-16-12-8-10-14-19-16/h16H,6-15H2,1-5H3. The minimum Gasteiger partial charge on any atom is -0.353 e. The van der Waals surface area contributed by atoms with E-state index in [0.717, 1.165) is 19.6 Å². The van der Waals surface area contributed by atoms with Crippen LogP contribution < -0.4 is 0 Å². The van der Waals surface area contributed by atoms with Gasteiger partial charge in [-0.1, -0.05) is 59.2 Å². The molecular weight excluding hydrogens is 264 g/mol. The fourth-order valence-corrected chi connectivity index (χ4v) is 4.34. The zero-order chi connectivity index (χ0) is 15.1. The molecule has 20 heavy (non-hydrogen) atoms. The molecule has 2 nitrogen and oxygen atoms in total. The molecule has 0 aromatic heterocycles. The van der Waals surface area contributed by atoms with Crippen LogP contribution in [0.15, 0.2) is 0 Å². The summed E-state index contributed by atoms with van der Waals surface area (Å²) < 4.78 is 11.3. The Labute approximate surface area is 127 Å². The lowest BCUT2D eigenvalue weighted by molar-refractivity contribution is -0.162. The number of hydrogen-bond acceptors (Lipinski definition) is 2. The fourth-order valence-electron chi connectivity index (χ4n) is 2.45. The van der Waals surface area contributed by atoms with Crippen LogP contribution in [-0.2, 0) is 9.47 Å². The van der Waals surface area contributed by atoms with Crippen molar-refractivity contribution in [3.8, 4) is 0 Å². The van der Waals surface area contributed by atoms with Gasteiger partial charge in [0.15, 0.2) is 6.29 Å². The molecule has 1 aliphatic heterocycles. The maximum Gasteiger partial charge on any atom is 0.157 e. The summed E-state index contributed by atoms with van der Waals surface area (Å²) in [6.45, 7) is 14.1. The maximum atomic E-state index is 5.77. The van der Waals surface area contributed by atoms with Crippen molar-refractivity contribution in [1.82, 2.24) is 0 Å². The predicted molar refractivity (Wildman–Crippen MR) is 90.0 cm³/mol. The van der Waals surface area contributed by atoms with Gasteiger partial charge in [-0.3, -0.25) is 0 Å². The molecule has 0 amide bonds. The summed E-state index contributed by atoms with van der Waals surface area (Å²) in [5.74, 6) is 0. The zero-order valence-corrected chi connectivity index (χ0v) is 15.5. The van der Waals surface area contributed by atoms with Crippen molar-refractivity contribution in [2.45, 2.75) is 96.2 Å². The molecule has 1 unspecified atom stereocenters. The Morgan fingerprint density at radius 3 is 2.35 bits per heavy atom. The van der Waals surface area contributed by atoms with Crippen LogP contribution in [0.3, 0.4) is 0 Å². The smallest absolute Gasteiger partial charge is 0.157 e. The molecule has 0 spiro atoms. The van der Waals surface area contributed by atoms with E-state index in [1.165, 1.54) is 44.6 Å². The first-order valence-corrected chi connectivity index (χ1v) is 11.8. The van der Waals surface area contributed by atoms with Crippen molar-refractivity contribution in [2.24, 2.45) is 0 Å². The van der Waals surface area contributed by atoms with Crippen LogP contribution in [0.5, 0.6) is 0 Å². The van der Waals surface area contributed by atoms with Crippen LogP contribution in [0.1, 0.15) is 65.7 Å².